The highest BCUT2D eigenvalue weighted by Gasteiger charge is 2.24. The molecule has 2 aromatic rings. The molecular weight excluding hydrogens is 468 g/mol. The number of esters is 2. The SMILES string of the molecule is CCOC(=O)c1c(NC(=O)COC(=O)c2cc(S(N)(=O)=O)ccc2Cl)sc(C)c1CC. The normalized spacial score (nSPS) is 11.1. The van der Waals surface area contributed by atoms with E-state index in [4.69, 9.17) is 26.2 Å². The van der Waals surface area contributed by atoms with Crippen LogP contribution in [0, 0.1) is 6.92 Å². The molecule has 168 valence electrons. The second kappa shape index (κ2) is 10.2. The van der Waals surface area contributed by atoms with Crippen LogP contribution in [0.5, 0.6) is 0 Å². The molecule has 0 saturated heterocycles. The molecule has 1 aromatic carbocycles. The molecule has 0 spiro atoms. The summed E-state index contributed by atoms with van der Waals surface area (Å²) < 4.78 is 32.9. The van der Waals surface area contributed by atoms with Crippen LogP contribution in [0.3, 0.4) is 0 Å². The zero-order valence-electron chi connectivity index (χ0n) is 17.0. The van der Waals surface area contributed by atoms with E-state index in [0.29, 0.717) is 11.4 Å². The minimum absolute atomic E-state index is 0.0659. The van der Waals surface area contributed by atoms with Gasteiger partial charge in [-0.1, -0.05) is 18.5 Å². The van der Waals surface area contributed by atoms with Gasteiger partial charge in [-0.15, -0.1) is 11.3 Å². The van der Waals surface area contributed by atoms with E-state index in [1.54, 1.807) is 6.92 Å². The average molecular weight is 489 g/mol. The number of benzene rings is 1. The first kappa shape index (κ1) is 24.8. The van der Waals surface area contributed by atoms with Crippen LogP contribution in [-0.2, 0) is 30.7 Å². The molecule has 0 fully saturated rings. The number of carbonyl (C=O) groups excluding carboxylic acids is 3. The molecule has 0 aliphatic carbocycles. The Hall–Kier alpha value is -2.47. The number of rotatable bonds is 8. The van der Waals surface area contributed by atoms with Gasteiger partial charge in [-0.25, -0.2) is 23.1 Å². The molecule has 1 amide bonds. The van der Waals surface area contributed by atoms with Crippen LogP contribution in [0.2, 0.25) is 5.02 Å². The van der Waals surface area contributed by atoms with Gasteiger partial charge in [-0.2, -0.15) is 0 Å². The topological polar surface area (TPSA) is 142 Å². The van der Waals surface area contributed by atoms with E-state index >= 15 is 0 Å². The molecule has 1 heterocycles. The maximum absolute atomic E-state index is 12.3. The summed E-state index contributed by atoms with van der Waals surface area (Å²) in [5.74, 6) is -2.25. The number of thiophene rings is 1. The molecule has 0 atom stereocenters. The fraction of sp³-hybridized carbons (Fsp3) is 0.316. The first-order valence-corrected chi connectivity index (χ1v) is 11.8. The summed E-state index contributed by atoms with van der Waals surface area (Å²) >= 11 is 7.13. The van der Waals surface area contributed by atoms with Crippen LogP contribution in [0.15, 0.2) is 23.1 Å². The number of carbonyl (C=O) groups is 3. The second-order valence-corrected chi connectivity index (χ2v) is 9.42. The number of aryl methyl sites for hydroxylation is 1. The molecule has 0 aliphatic rings. The molecule has 31 heavy (non-hydrogen) atoms. The number of primary sulfonamides is 1. The summed E-state index contributed by atoms with van der Waals surface area (Å²) in [7, 11) is -4.06. The monoisotopic (exact) mass is 488 g/mol. The maximum atomic E-state index is 12.3. The lowest BCUT2D eigenvalue weighted by atomic mass is 10.1. The summed E-state index contributed by atoms with van der Waals surface area (Å²) in [5.41, 5.74) is 0.784. The van der Waals surface area contributed by atoms with E-state index in [1.807, 2.05) is 13.8 Å². The van der Waals surface area contributed by atoms with E-state index in [9.17, 15) is 22.8 Å². The molecular formula is C19H21ClN2O7S2. The van der Waals surface area contributed by atoms with Crippen LogP contribution in [0.25, 0.3) is 0 Å². The van der Waals surface area contributed by atoms with E-state index < -0.39 is 34.5 Å². The number of ether oxygens (including phenoxy) is 2. The smallest absolute Gasteiger partial charge is 0.341 e. The van der Waals surface area contributed by atoms with E-state index in [0.717, 1.165) is 22.6 Å². The summed E-state index contributed by atoms with van der Waals surface area (Å²) in [6.45, 7) is 4.87. The largest absolute Gasteiger partial charge is 0.462 e. The van der Waals surface area contributed by atoms with Gasteiger partial charge in [0.15, 0.2) is 6.61 Å². The number of sulfonamides is 1. The minimum atomic E-state index is -4.06. The van der Waals surface area contributed by atoms with Crippen LogP contribution >= 0.6 is 22.9 Å². The second-order valence-electron chi connectivity index (χ2n) is 6.23. The van der Waals surface area contributed by atoms with Gasteiger partial charge in [0.25, 0.3) is 5.91 Å². The molecule has 3 N–H and O–H groups in total. The molecule has 0 unspecified atom stereocenters. The van der Waals surface area contributed by atoms with Crippen LogP contribution < -0.4 is 10.5 Å². The van der Waals surface area contributed by atoms with Gasteiger partial charge in [-0.05, 0) is 44.0 Å². The summed E-state index contributed by atoms with van der Waals surface area (Å²) in [6, 6.07) is 3.29. The van der Waals surface area contributed by atoms with Crippen molar-refractivity contribution in [3.05, 3.63) is 44.8 Å². The lowest BCUT2D eigenvalue weighted by Crippen LogP contribution is -2.22. The third-order valence-corrected chi connectivity index (χ3v) is 6.42. The molecule has 0 bridgehead atoms. The fourth-order valence-corrected chi connectivity index (χ4v) is 4.60. The van der Waals surface area contributed by atoms with Crippen molar-refractivity contribution in [2.75, 3.05) is 18.5 Å². The maximum Gasteiger partial charge on any atom is 0.341 e. The molecule has 12 heteroatoms. The number of hydrogen-bond donors (Lipinski definition) is 2. The zero-order chi connectivity index (χ0) is 23.3. The molecule has 2 rings (SSSR count). The highest BCUT2D eigenvalue weighted by Crippen LogP contribution is 2.34. The highest BCUT2D eigenvalue weighted by atomic mass is 35.5. The molecule has 0 radical (unpaired) electrons. The van der Waals surface area contributed by atoms with Crippen LogP contribution in [0.1, 0.15) is 45.0 Å². The molecule has 0 saturated carbocycles. The Morgan fingerprint density at radius 1 is 1.16 bits per heavy atom. The quantitative estimate of drug-likeness (QED) is 0.544. The van der Waals surface area contributed by atoms with E-state index in [1.165, 1.54) is 17.4 Å². The van der Waals surface area contributed by atoms with Gasteiger partial charge in [0, 0.05) is 4.88 Å². The highest BCUT2D eigenvalue weighted by molar-refractivity contribution is 7.89. The lowest BCUT2D eigenvalue weighted by molar-refractivity contribution is -0.119. The predicted octanol–water partition coefficient (Wildman–Crippen LogP) is 2.89. The van der Waals surface area contributed by atoms with Gasteiger partial charge in [-0.3, -0.25) is 4.79 Å². The van der Waals surface area contributed by atoms with E-state index in [2.05, 4.69) is 5.32 Å². The van der Waals surface area contributed by atoms with Crippen molar-refractivity contribution in [3.8, 4) is 0 Å². The van der Waals surface area contributed by atoms with Gasteiger partial charge in [0.2, 0.25) is 10.0 Å². The fourth-order valence-electron chi connectivity index (χ4n) is 2.72. The zero-order valence-corrected chi connectivity index (χ0v) is 19.4. The molecule has 9 nitrogen and oxygen atoms in total. The van der Waals surface area contributed by atoms with Crippen molar-refractivity contribution in [2.45, 2.75) is 32.1 Å². The number of nitrogens with two attached hydrogens (primary N) is 1. The Morgan fingerprint density at radius 3 is 2.42 bits per heavy atom. The number of halogens is 1. The van der Waals surface area contributed by atoms with E-state index in [-0.39, 0.29) is 27.7 Å². The Bertz CT molecular complexity index is 1130. The number of amides is 1. The van der Waals surface area contributed by atoms with Crippen molar-refractivity contribution in [2.24, 2.45) is 5.14 Å². The average Bonchev–Trinajstić information content (AvgIpc) is 3.00. The number of anilines is 1. The third kappa shape index (κ3) is 6.03. The van der Waals surface area contributed by atoms with Crippen molar-refractivity contribution in [3.63, 3.8) is 0 Å². The van der Waals surface area contributed by atoms with Crippen molar-refractivity contribution < 1.29 is 32.3 Å². The standard InChI is InChI=1S/C19H21ClN2O7S2/c1-4-12-10(3)30-17(16(12)19(25)28-5-2)22-15(23)9-29-18(24)13-8-11(31(21,26)27)6-7-14(13)20/h6-8H,4-5,9H2,1-3H3,(H,22,23)(H2,21,26,27). The van der Waals surface area contributed by atoms with Crippen molar-refractivity contribution in [1.82, 2.24) is 0 Å². The Labute approximate surface area is 188 Å². The summed E-state index contributed by atoms with van der Waals surface area (Å²) in [5, 5.41) is 7.83. The first-order valence-electron chi connectivity index (χ1n) is 9.08. The number of hydrogen-bond acceptors (Lipinski definition) is 8. The van der Waals surface area contributed by atoms with Crippen molar-refractivity contribution >= 4 is 55.8 Å². The Balaban J connectivity index is 2.15. The first-order chi connectivity index (χ1) is 14.5. The van der Waals surface area contributed by atoms with Crippen LogP contribution in [-0.4, -0.2) is 39.5 Å². The van der Waals surface area contributed by atoms with Gasteiger partial charge in [0.05, 0.1) is 27.7 Å². The van der Waals surface area contributed by atoms with Crippen molar-refractivity contribution in [1.29, 1.82) is 0 Å². The van der Waals surface area contributed by atoms with Gasteiger partial charge < -0.3 is 14.8 Å². The Morgan fingerprint density at radius 2 is 1.84 bits per heavy atom. The minimum Gasteiger partial charge on any atom is -0.462 e. The Kier molecular flexibility index (Phi) is 8.18. The van der Waals surface area contributed by atoms with Gasteiger partial charge >= 0.3 is 11.9 Å². The summed E-state index contributed by atoms with van der Waals surface area (Å²) in [4.78, 5) is 37.4. The summed E-state index contributed by atoms with van der Waals surface area (Å²) in [6.07, 6.45) is 0.570. The lowest BCUT2D eigenvalue weighted by Gasteiger charge is -2.09. The third-order valence-electron chi connectivity index (χ3n) is 4.12. The molecule has 1 aromatic heterocycles. The molecule has 0 aliphatic heterocycles. The number of nitrogens with one attached hydrogen (secondary N) is 1. The predicted molar refractivity (Wildman–Crippen MR) is 116 cm³/mol. The van der Waals surface area contributed by atoms with Crippen LogP contribution in [0.4, 0.5) is 5.00 Å². The van der Waals surface area contributed by atoms with Gasteiger partial charge in [0.1, 0.15) is 5.00 Å².